The highest BCUT2D eigenvalue weighted by Gasteiger charge is 2.37. The number of aromatic nitrogens is 1. The Morgan fingerprint density at radius 1 is 0.976 bits per heavy atom. The molecule has 12 heteroatoms. The lowest BCUT2D eigenvalue weighted by atomic mass is 9.94. The van der Waals surface area contributed by atoms with E-state index in [1.165, 1.54) is 11.6 Å². The highest BCUT2D eigenvalue weighted by Crippen LogP contribution is 2.39. The van der Waals surface area contributed by atoms with Crippen LogP contribution in [0.1, 0.15) is 34.0 Å². The van der Waals surface area contributed by atoms with E-state index in [-0.39, 0.29) is 30.3 Å². The van der Waals surface area contributed by atoms with E-state index >= 15 is 0 Å². The Hall–Kier alpha value is -4.48. The van der Waals surface area contributed by atoms with E-state index in [0.29, 0.717) is 46.7 Å². The van der Waals surface area contributed by atoms with Crippen molar-refractivity contribution in [3.05, 3.63) is 93.3 Å². The maximum absolute atomic E-state index is 14.0. The Morgan fingerprint density at radius 2 is 1.64 bits per heavy atom. The summed E-state index contributed by atoms with van der Waals surface area (Å²) in [4.78, 5) is 28.8. The molecule has 0 bridgehead atoms. The summed E-state index contributed by atoms with van der Waals surface area (Å²) < 4.78 is 93.4. The minimum atomic E-state index is -5.04. The number of amides is 1. The summed E-state index contributed by atoms with van der Waals surface area (Å²) in [6.45, 7) is 1.83. The quantitative estimate of drug-likeness (QED) is 0.233. The fourth-order valence-electron chi connectivity index (χ4n) is 5.11. The summed E-state index contributed by atoms with van der Waals surface area (Å²) in [5.41, 5.74) is -3.15. The predicted octanol–water partition coefficient (Wildman–Crippen LogP) is 6.77. The third-order valence-electron chi connectivity index (χ3n) is 6.88. The minimum absolute atomic E-state index is 0.0227. The molecule has 1 aliphatic heterocycles. The van der Waals surface area contributed by atoms with Crippen molar-refractivity contribution in [2.24, 2.45) is 0 Å². The van der Waals surface area contributed by atoms with Crippen molar-refractivity contribution < 1.29 is 40.6 Å². The van der Waals surface area contributed by atoms with Gasteiger partial charge in [-0.2, -0.15) is 26.3 Å². The number of alkyl halides is 6. The molecule has 1 aliphatic rings. The zero-order valence-electron chi connectivity index (χ0n) is 22.4. The Labute approximate surface area is 235 Å². The molecule has 0 radical (unpaired) electrons. The summed E-state index contributed by atoms with van der Waals surface area (Å²) in [6.07, 6.45) is -10.1. The molecule has 0 saturated carbocycles. The SMILES string of the molecule is CCOc1cccc(-c2c(C(=O)N(C)Cc3cc(C(F)(F)F)cc(C(F)(F)F)c3)c(=O)n3c4c(cccc24)OCC3)c1. The van der Waals surface area contributed by atoms with Crippen molar-refractivity contribution in [1.82, 2.24) is 9.47 Å². The van der Waals surface area contributed by atoms with E-state index in [4.69, 9.17) is 9.47 Å². The second-order valence-electron chi connectivity index (χ2n) is 9.74. The van der Waals surface area contributed by atoms with Gasteiger partial charge in [0.15, 0.2) is 0 Å². The topological polar surface area (TPSA) is 60.8 Å². The molecule has 0 N–H and O–H groups in total. The Kier molecular flexibility index (Phi) is 7.42. The van der Waals surface area contributed by atoms with Crippen molar-refractivity contribution >= 4 is 16.8 Å². The summed E-state index contributed by atoms with van der Waals surface area (Å²) in [5.74, 6) is 0.0432. The molecule has 5 rings (SSSR count). The normalized spacial score (nSPS) is 13.1. The van der Waals surface area contributed by atoms with Gasteiger partial charge in [-0.1, -0.05) is 24.3 Å². The van der Waals surface area contributed by atoms with Crippen LogP contribution in [0.2, 0.25) is 0 Å². The van der Waals surface area contributed by atoms with E-state index in [2.05, 4.69) is 0 Å². The number of benzene rings is 3. The molecule has 0 unspecified atom stereocenters. The number of hydrogen-bond acceptors (Lipinski definition) is 4. The first-order valence-corrected chi connectivity index (χ1v) is 12.9. The van der Waals surface area contributed by atoms with Crippen LogP contribution in [0.15, 0.2) is 65.5 Å². The first-order chi connectivity index (χ1) is 19.8. The lowest BCUT2D eigenvalue weighted by Crippen LogP contribution is -2.37. The highest BCUT2D eigenvalue weighted by molar-refractivity contribution is 6.10. The first-order valence-electron chi connectivity index (χ1n) is 12.9. The number of hydrogen-bond donors (Lipinski definition) is 0. The van der Waals surface area contributed by atoms with Gasteiger partial charge in [-0.25, -0.2) is 0 Å². The molecule has 4 aromatic rings. The van der Waals surface area contributed by atoms with E-state index in [0.717, 1.165) is 4.90 Å². The van der Waals surface area contributed by atoms with Crippen LogP contribution in [0, 0.1) is 0 Å². The smallest absolute Gasteiger partial charge is 0.416 e. The third-order valence-corrected chi connectivity index (χ3v) is 6.88. The lowest BCUT2D eigenvalue weighted by molar-refractivity contribution is -0.143. The maximum atomic E-state index is 14.0. The molecule has 42 heavy (non-hydrogen) atoms. The standard InChI is InChI=1S/C30H24F6N2O4/c1-3-41-21-7-4-6-18(14-21)24-22-8-5-9-23-26(22)38(10-11-42-23)28(40)25(24)27(39)37(2)16-17-12-19(29(31,32)33)15-20(13-17)30(34,35)36/h4-9,12-15H,3,10-11,16H2,1-2H3. The van der Waals surface area contributed by atoms with Gasteiger partial charge in [-0.3, -0.25) is 9.59 Å². The molecule has 3 aromatic carbocycles. The summed E-state index contributed by atoms with van der Waals surface area (Å²) in [6, 6.07) is 13.0. The van der Waals surface area contributed by atoms with Gasteiger partial charge >= 0.3 is 12.4 Å². The van der Waals surface area contributed by atoms with Crippen LogP contribution in [0.5, 0.6) is 11.5 Å². The van der Waals surface area contributed by atoms with Crippen LogP contribution in [-0.4, -0.2) is 35.6 Å². The molecular formula is C30H24F6N2O4. The van der Waals surface area contributed by atoms with Gasteiger partial charge in [0, 0.05) is 24.5 Å². The number of halogens is 6. The number of carbonyl (C=O) groups is 1. The summed E-state index contributed by atoms with van der Waals surface area (Å²) in [7, 11) is 1.22. The third kappa shape index (κ3) is 5.40. The summed E-state index contributed by atoms with van der Waals surface area (Å²) in [5, 5.41) is 0.510. The van der Waals surface area contributed by atoms with Crippen molar-refractivity contribution in [3.63, 3.8) is 0 Å². The molecule has 1 amide bonds. The Bertz CT molecular complexity index is 1710. The predicted molar refractivity (Wildman–Crippen MR) is 143 cm³/mol. The van der Waals surface area contributed by atoms with Crippen molar-refractivity contribution in [3.8, 4) is 22.6 Å². The fourth-order valence-corrected chi connectivity index (χ4v) is 5.11. The van der Waals surface area contributed by atoms with Crippen LogP contribution < -0.4 is 15.0 Å². The second-order valence-corrected chi connectivity index (χ2v) is 9.74. The van der Waals surface area contributed by atoms with E-state index < -0.39 is 47.1 Å². The van der Waals surface area contributed by atoms with E-state index in [9.17, 15) is 35.9 Å². The van der Waals surface area contributed by atoms with Crippen LogP contribution in [0.4, 0.5) is 26.3 Å². The average Bonchev–Trinajstić information content (AvgIpc) is 2.93. The van der Waals surface area contributed by atoms with E-state index in [1.807, 2.05) is 0 Å². The zero-order valence-corrected chi connectivity index (χ0v) is 22.4. The molecule has 0 saturated heterocycles. The zero-order chi connectivity index (χ0) is 30.4. The molecule has 0 atom stereocenters. The van der Waals surface area contributed by atoms with Crippen molar-refractivity contribution in [2.45, 2.75) is 32.4 Å². The molecule has 0 aliphatic carbocycles. The van der Waals surface area contributed by atoms with Crippen LogP contribution in [0.25, 0.3) is 22.0 Å². The maximum Gasteiger partial charge on any atom is 0.416 e. The Morgan fingerprint density at radius 3 is 2.29 bits per heavy atom. The highest BCUT2D eigenvalue weighted by atomic mass is 19.4. The Balaban J connectivity index is 1.67. The number of nitrogens with zero attached hydrogens (tertiary/aromatic N) is 2. The monoisotopic (exact) mass is 590 g/mol. The number of rotatable bonds is 6. The fraction of sp³-hybridized carbons (Fsp3) is 0.267. The lowest BCUT2D eigenvalue weighted by Gasteiger charge is -2.25. The number of carbonyl (C=O) groups excluding carboxylic acids is 1. The second kappa shape index (κ2) is 10.7. The van der Waals surface area contributed by atoms with Gasteiger partial charge in [-0.15, -0.1) is 0 Å². The van der Waals surface area contributed by atoms with Gasteiger partial charge in [0.2, 0.25) is 0 Å². The molecule has 2 heterocycles. The van der Waals surface area contributed by atoms with Crippen LogP contribution in [0.3, 0.4) is 0 Å². The van der Waals surface area contributed by atoms with Crippen molar-refractivity contribution in [1.29, 1.82) is 0 Å². The summed E-state index contributed by atoms with van der Waals surface area (Å²) >= 11 is 0. The van der Waals surface area contributed by atoms with Gasteiger partial charge in [-0.05, 0) is 54.4 Å². The van der Waals surface area contributed by atoms with Gasteiger partial charge in [0.25, 0.3) is 11.5 Å². The number of ether oxygens (including phenoxy) is 2. The van der Waals surface area contributed by atoms with Gasteiger partial charge < -0.3 is 18.9 Å². The van der Waals surface area contributed by atoms with E-state index in [1.54, 1.807) is 49.4 Å². The van der Waals surface area contributed by atoms with Crippen LogP contribution in [-0.2, 0) is 25.4 Å². The number of pyridine rings is 1. The van der Waals surface area contributed by atoms with Gasteiger partial charge in [0.1, 0.15) is 23.7 Å². The van der Waals surface area contributed by atoms with Crippen molar-refractivity contribution in [2.75, 3.05) is 20.3 Å². The first kappa shape index (κ1) is 29.0. The molecule has 1 aromatic heterocycles. The average molecular weight is 591 g/mol. The van der Waals surface area contributed by atoms with Crippen LogP contribution >= 0.6 is 0 Å². The molecule has 6 nitrogen and oxygen atoms in total. The molecule has 220 valence electrons. The van der Waals surface area contributed by atoms with Gasteiger partial charge in [0.05, 0.1) is 29.8 Å². The largest absolute Gasteiger partial charge is 0.494 e. The molecule has 0 spiro atoms. The number of para-hydroxylation sites is 1. The molecular weight excluding hydrogens is 566 g/mol. The molecule has 0 fully saturated rings. The minimum Gasteiger partial charge on any atom is -0.494 e.